The standard InChI is InChI=1S/C17H17ClN2O4/c1-3-24-14-7-4-12(5-8-14)11(2)19-17(21)15-10-13(20(22)23)6-9-16(15)18/h4-11H,3H2,1-2H3,(H,19,21)/t11-/m1/s1. The number of carbonyl (C=O) groups is 1. The fraction of sp³-hybridized carbons (Fsp3) is 0.235. The van der Waals surface area contributed by atoms with Gasteiger partial charge in [-0.1, -0.05) is 23.7 Å². The molecule has 2 aromatic rings. The van der Waals surface area contributed by atoms with E-state index in [0.717, 1.165) is 11.3 Å². The van der Waals surface area contributed by atoms with Crippen molar-refractivity contribution in [2.45, 2.75) is 19.9 Å². The first-order chi connectivity index (χ1) is 11.4. The maximum atomic E-state index is 12.4. The highest BCUT2D eigenvalue weighted by Gasteiger charge is 2.18. The number of rotatable bonds is 6. The quantitative estimate of drug-likeness (QED) is 0.628. The summed E-state index contributed by atoms with van der Waals surface area (Å²) in [5.74, 6) is 0.284. The molecule has 0 saturated carbocycles. The van der Waals surface area contributed by atoms with Crippen LogP contribution >= 0.6 is 11.6 Å². The van der Waals surface area contributed by atoms with Gasteiger partial charge >= 0.3 is 0 Å². The summed E-state index contributed by atoms with van der Waals surface area (Å²) in [6.07, 6.45) is 0. The Morgan fingerprint density at radius 3 is 2.54 bits per heavy atom. The molecule has 0 fully saturated rings. The summed E-state index contributed by atoms with van der Waals surface area (Å²) in [5, 5.41) is 13.8. The highest BCUT2D eigenvalue weighted by Crippen LogP contribution is 2.23. The highest BCUT2D eigenvalue weighted by atomic mass is 35.5. The predicted molar refractivity (Wildman–Crippen MR) is 91.6 cm³/mol. The summed E-state index contributed by atoms with van der Waals surface area (Å²) in [6, 6.07) is 10.8. The molecular formula is C17H17ClN2O4. The third kappa shape index (κ3) is 4.23. The van der Waals surface area contributed by atoms with Crippen LogP contribution in [0.15, 0.2) is 42.5 Å². The van der Waals surface area contributed by atoms with E-state index in [-0.39, 0.29) is 22.3 Å². The van der Waals surface area contributed by atoms with Gasteiger partial charge in [0.1, 0.15) is 5.75 Å². The van der Waals surface area contributed by atoms with Crippen LogP contribution in [0, 0.1) is 10.1 Å². The van der Waals surface area contributed by atoms with Crippen molar-refractivity contribution in [1.29, 1.82) is 0 Å². The van der Waals surface area contributed by atoms with Crippen LogP contribution in [0.25, 0.3) is 0 Å². The minimum absolute atomic E-state index is 0.0728. The fourth-order valence-corrected chi connectivity index (χ4v) is 2.38. The molecule has 0 aliphatic carbocycles. The molecule has 7 heteroatoms. The number of benzene rings is 2. The maximum Gasteiger partial charge on any atom is 0.270 e. The maximum absolute atomic E-state index is 12.4. The van der Waals surface area contributed by atoms with Gasteiger partial charge in [0, 0.05) is 12.1 Å². The first-order valence-corrected chi connectivity index (χ1v) is 7.77. The molecule has 0 aromatic heterocycles. The van der Waals surface area contributed by atoms with Crippen LogP contribution in [0.1, 0.15) is 35.8 Å². The Labute approximate surface area is 144 Å². The van der Waals surface area contributed by atoms with E-state index in [4.69, 9.17) is 16.3 Å². The van der Waals surface area contributed by atoms with E-state index < -0.39 is 10.8 Å². The molecule has 0 unspecified atom stereocenters. The van der Waals surface area contributed by atoms with E-state index in [1.807, 2.05) is 38.1 Å². The van der Waals surface area contributed by atoms with Crippen molar-refractivity contribution >= 4 is 23.2 Å². The monoisotopic (exact) mass is 348 g/mol. The van der Waals surface area contributed by atoms with Gasteiger partial charge in [-0.3, -0.25) is 14.9 Å². The Morgan fingerprint density at radius 2 is 1.96 bits per heavy atom. The summed E-state index contributed by atoms with van der Waals surface area (Å²) in [6.45, 7) is 4.30. The third-order valence-electron chi connectivity index (χ3n) is 3.44. The third-order valence-corrected chi connectivity index (χ3v) is 3.77. The highest BCUT2D eigenvalue weighted by molar-refractivity contribution is 6.33. The molecule has 1 atom stereocenters. The van der Waals surface area contributed by atoms with Crippen molar-refractivity contribution in [2.24, 2.45) is 0 Å². The topological polar surface area (TPSA) is 81.5 Å². The van der Waals surface area contributed by atoms with E-state index in [9.17, 15) is 14.9 Å². The summed E-state index contributed by atoms with van der Waals surface area (Å²) >= 11 is 5.98. The van der Waals surface area contributed by atoms with Crippen molar-refractivity contribution in [3.63, 3.8) is 0 Å². The van der Waals surface area contributed by atoms with Crippen LogP contribution < -0.4 is 10.1 Å². The molecule has 0 heterocycles. The van der Waals surface area contributed by atoms with Crippen LogP contribution in [0.4, 0.5) is 5.69 Å². The van der Waals surface area contributed by atoms with Crippen LogP contribution in [0.3, 0.4) is 0 Å². The fourth-order valence-electron chi connectivity index (χ4n) is 2.18. The average molecular weight is 349 g/mol. The van der Waals surface area contributed by atoms with Crippen molar-refractivity contribution < 1.29 is 14.5 Å². The molecule has 0 aliphatic rings. The minimum Gasteiger partial charge on any atom is -0.494 e. The molecule has 0 spiro atoms. The molecule has 1 amide bonds. The number of nitro groups is 1. The average Bonchev–Trinajstić information content (AvgIpc) is 2.55. The van der Waals surface area contributed by atoms with Gasteiger partial charge in [-0.05, 0) is 37.6 Å². The molecule has 0 bridgehead atoms. The number of halogens is 1. The van der Waals surface area contributed by atoms with Gasteiger partial charge < -0.3 is 10.1 Å². The molecule has 0 aliphatic heterocycles. The zero-order valence-electron chi connectivity index (χ0n) is 13.3. The van der Waals surface area contributed by atoms with Gasteiger partial charge in [0.2, 0.25) is 0 Å². The number of hydrogen-bond donors (Lipinski definition) is 1. The molecule has 6 nitrogen and oxygen atoms in total. The molecule has 0 saturated heterocycles. The second kappa shape index (κ2) is 7.79. The Balaban J connectivity index is 2.13. The zero-order chi connectivity index (χ0) is 17.7. The number of hydrogen-bond acceptors (Lipinski definition) is 4. The molecule has 1 N–H and O–H groups in total. The SMILES string of the molecule is CCOc1ccc([C@@H](C)NC(=O)c2cc([N+](=O)[O-])ccc2Cl)cc1. The van der Waals surface area contributed by atoms with Gasteiger partial charge in [-0.2, -0.15) is 0 Å². The van der Waals surface area contributed by atoms with Gasteiger partial charge in [0.25, 0.3) is 11.6 Å². The van der Waals surface area contributed by atoms with Gasteiger partial charge in [-0.15, -0.1) is 0 Å². The Morgan fingerprint density at radius 1 is 1.29 bits per heavy atom. The first kappa shape index (κ1) is 17.7. The number of ether oxygens (including phenoxy) is 1. The summed E-state index contributed by atoms with van der Waals surface area (Å²) < 4.78 is 5.37. The summed E-state index contributed by atoms with van der Waals surface area (Å²) in [5.41, 5.74) is 0.773. The predicted octanol–water partition coefficient (Wildman–Crippen LogP) is 4.14. The van der Waals surface area contributed by atoms with Gasteiger partial charge in [0.15, 0.2) is 0 Å². The van der Waals surface area contributed by atoms with Crippen molar-refractivity contribution in [1.82, 2.24) is 5.32 Å². The second-order valence-electron chi connectivity index (χ2n) is 5.12. The van der Waals surface area contributed by atoms with E-state index in [1.165, 1.54) is 18.2 Å². The lowest BCUT2D eigenvalue weighted by atomic mass is 10.1. The van der Waals surface area contributed by atoms with E-state index in [2.05, 4.69) is 5.32 Å². The van der Waals surface area contributed by atoms with Crippen LogP contribution in [-0.4, -0.2) is 17.4 Å². The minimum atomic E-state index is -0.566. The Hall–Kier alpha value is -2.60. The number of non-ortho nitro benzene ring substituents is 1. The number of nitrogens with zero attached hydrogens (tertiary/aromatic N) is 1. The normalized spacial score (nSPS) is 11.6. The number of amides is 1. The van der Waals surface area contributed by atoms with Crippen LogP contribution in [-0.2, 0) is 0 Å². The molecule has 0 radical (unpaired) electrons. The number of carbonyl (C=O) groups excluding carboxylic acids is 1. The van der Waals surface area contributed by atoms with Crippen molar-refractivity contribution in [2.75, 3.05) is 6.61 Å². The summed E-state index contributed by atoms with van der Waals surface area (Å²) in [4.78, 5) is 22.6. The molecule has 24 heavy (non-hydrogen) atoms. The summed E-state index contributed by atoms with van der Waals surface area (Å²) in [7, 11) is 0. The number of nitrogens with one attached hydrogen (secondary N) is 1. The largest absolute Gasteiger partial charge is 0.494 e. The zero-order valence-corrected chi connectivity index (χ0v) is 14.0. The number of nitro benzene ring substituents is 1. The smallest absolute Gasteiger partial charge is 0.270 e. The first-order valence-electron chi connectivity index (χ1n) is 7.40. The van der Waals surface area contributed by atoms with Crippen LogP contribution in [0.5, 0.6) is 5.75 Å². The van der Waals surface area contributed by atoms with Gasteiger partial charge in [0.05, 0.1) is 28.2 Å². The van der Waals surface area contributed by atoms with E-state index in [1.54, 1.807) is 0 Å². The molecule has 2 rings (SSSR count). The van der Waals surface area contributed by atoms with E-state index >= 15 is 0 Å². The second-order valence-corrected chi connectivity index (χ2v) is 5.53. The van der Waals surface area contributed by atoms with Crippen molar-refractivity contribution in [3.8, 4) is 5.75 Å². The van der Waals surface area contributed by atoms with Gasteiger partial charge in [-0.25, -0.2) is 0 Å². The van der Waals surface area contributed by atoms with E-state index in [0.29, 0.717) is 6.61 Å². The molecule has 126 valence electrons. The molecular weight excluding hydrogens is 332 g/mol. The van der Waals surface area contributed by atoms with Crippen LogP contribution in [0.2, 0.25) is 5.02 Å². The lowest BCUT2D eigenvalue weighted by Gasteiger charge is -2.15. The Kier molecular flexibility index (Phi) is 5.76. The Bertz CT molecular complexity index is 747. The van der Waals surface area contributed by atoms with Crippen molar-refractivity contribution in [3.05, 3.63) is 68.7 Å². The molecule has 2 aromatic carbocycles. The lowest BCUT2D eigenvalue weighted by Crippen LogP contribution is -2.27. The lowest BCUT2D eigenvalue weighted by molar-refractivity contribution is -0.384.